The number of hydrogen-bond donors (Lipinski definition) is 3. The Labute approximate surface area is 111 Å². The normalized spacial score (nSPS) is 11.5. The smallest absolute Gasteiger partial charge is 0.395 e. The first-order valence-corrected chi connectivity index (χ1v) is 5.41. The van der Waals surface area contributed by atoms with Gasteiger partial charge in [0, 0.05) is 12.1 Å². The number of anilines is 1. The quantitative estimate of drug-likeness (QED) is 0.439. The van der Waals surface area contributed by atoms with Crippen LogP contribution in [0.4, 0.5) is 27.6 Å². The molecule has 4 nitrogen and oxygen atoms in total. The lowest BCUT2D eigenvalue weighted by Gasteiger charge is -2.26. The van der Waals surface area contributed by atoms with E-state index in [4.69, 9.17) is 16.2 Å². The van der Waals surface area contributed by atoms with Crippen LogP contribution in [0.15, 0.2) is 12.1 Å². The first-order valence-electron chi connectivity index (χ1n) is 5.41. The van der Waals surface area contributed by atoms with Crippen LogP contribution < -0.4 is 10.6 Å². The number of halogens is 5. The largest absolute Gasteiger partial charge is 0.405 e. The van der Waals surface area contributed by atoms with E-state index in [1.54, 1.807) is 0 Å². The second-order valence-corrected chi connectivity index (χ2v) is 3.96. The van der Waals surface area contributed by atoms with Crippen molar-refractivity contribution in [2.45, 2.75) is 6.18 Å². The molecule has 0 amide bonds. The number of alkyl halides is 3. The average molecular weight is 297 g/mol. The molecular weight excluding hydrogens is 285 g/mol. The Kier molecular flexibility index (Phi) is 4.88. The predicted octanol–water partition coefficient (Wildman–Crippen LogP) is 1.61. The van der Waals surface area contributed by atoms with E-state index in [-0.39, 0.29) is 5.56 Å². The van der Waals surface area contributed by atoms with Gasteiger partial charge < -0.3 is 15.7 Å². The van der Waals surface area contributed by atoms with Crippen molar-refractivity contribution in [1.82, 2.24) is 0 Å². The highest BCUT2D eigenvalue weighted by atomic mass is 19.4. The standard InChI is InChI=1S/C11H12F5N3O/c12-7-3-6(10(17)18)4-8(13)9(7)19(1-2-20)5-11(14,15)16/h3-4,20H,1-2,5H2,(H3,17,18). The van der Waals surface area contributed by atoms with Crippen molar-refractivity contribution in [1.29, 1.82) is 5.41 Å². The van der Waals surface area contributed by atoms with Gasteiger partial charge in [-0.05, 0) is 12.1 Å². The summed E-state index contributed by atoms with van der Waals surface area (Å²) in [7, 11) is 0. The third-order valence-electron chi connectivity index (χ3n) is 2.38. The highest BCUT2D eigenvalue weighted by Crippen LogP contribution is 2.28. The third-order valence-corrected chi connectivity index (χ3v) is 2.38. The Morgan fingerprint density at radius 1 is 1.25 bits per heavy atom. The fourth-order valence-corrected chi connectivity index (χ4v) is 1.63. The molecule has 1 aromatic rings. The lowest BCUT2D eigenvalue weighted by Crippen LogP contribution is -2.37. The molecular formula is C11H12F5N3O. The minimum atomic E-state index is -4.69. The molecule has 0 bridgehead atoms. The summed E-state index contributed by atoms with van der Waals surface area (Å²) in [5, 5.41) is 15.8. The summed E-state index contributed by atoms with van der Waals surface area (Å²) in [5.41, 5.74) is 3.86. The summed E-state index contributed by atoms with van der Waals surface area (Å²) in [6.07, 6.45) is -4.69. The molecule has 0 atom stereocenters. The van der Waals surface area contributed by atoms with Crippen molar-refractivity contribution in [3.8, 4) is 0 Å². The van der Waals surface area contributed by atoms with E-state index < -0.39 is 49.0 Å². The minimum Gasteiger partial charge on any atom is -0.395 e. The Balaban J connectivity index is 3.23. The van der Waals surface area contributed by atoms with Crippen LogP contribution in [-0.2, 0) is 0 Å². The molecule has 0 aliphatic carbocycles. The van der Waals surface area contributed by atoms with Crippen LogP contribution in [0.1, 0.15) is 5.56 Å². The molecule has 112 valence electrons. The molecule has 4 N–H and O–H groups in total. The molecule has 9 heteroatoms. The summed E-state index contributed by atoms with van der Waals surface area (Å²) >= 11 is 0. The second-order valence-electron chi connectivity index (χ2n) is 3.96. The van der Waals surface area contributed by atoms with Crippen LogP contribution in [0.25, 0.3) is 0 Å². The van der Waals surface area contributed by atoms with Crippen molar-refractivity contribution in [3.05, 3.63) is 29.3 Å². The van der Waals surface area contributed by atoms with Crippen molar-refractivity contribution in [2.24, 2.45) is 5.73 Å². The van der Waals surface area contributed by atoms with Crippen molar-refractivity contribution in [3.63, 3.8) is 0 Å². The number of nitrogens with two attached hydrogens (primary N) is 1. The number of hydrogen-bond acceptors (Lipinski definition) is 3. The van der Waals surface area contributed by atoms with E-state index in [2.05, 4.69) is 0 Å². The van der Waals surface area contributed by atoms with Gasteiger partial charge >= 0.3 is 6.18 Å². The third kappa shape index (κ3) is 4.05. The number of nitrogen functional groups attached to an aromatic ring is 1. The number of aliphatic hydroxyl groups excluding tert-OH is 1. The number of aliphatic hydroxyl groups is 1. The Morgan fingerprint density at radius 2 is 1.75 bits per heavy atom. The van der Waals surface area contributed by atoms with Crippen LogP contribution in [0.2, 0.25) is 0 Å². The van der Waals surface area contributed by atoms with Crippen molar-refractivity contribution in [2.75, 3.05) is 24.6 Å². The zero-order valence-electron chi connectivity index (χ0n) is 10.1. The molecule has 0 spiro atoms. The average Bonchev–Trinajstić information content (AvgIpc) is 2.25. The zero-order valence-corrected chi connectivity index (χ0v) is 10.1. The Morgan fingerprint density at radius 3 is 2.10 bits per heavy atom. The van der Waals surface area contributed by atoms with Gasteiger partial charge in [-0.1, -0.05) is 0 Å². The molecule has 1 aromatic carbocycles. The molecule has 0 fully saturated rings. The van der Waals surface area contributed by atoms with Gasteiger partial charge in [0.1, 0.15) is 29.7 Å². The molecule has 0 radical (unpaired) electrons. The lowest BCUT2D eigenvalue weighted by molar-refractivity contribution is -0.120. The summed E-state index contributed by atoms with van der Waals surface area (Å²) in [5.74, 6) is -3.18. The topological polar surface area (TPSA) is 73.3 Å². The van der Waals surface area contributed by atoms with Gasteiger partial charge in [-0.3, -0.25) is 5.41 Å². The van der Waals surface area contributed by atoms with Crippen molar-refractivity contribution >= 4 is 11.5 Å². The number of amidine groups is 1. The van der Waals surface area contributed by atoms with Crippen LogP contribution in [0.5, 0.6) is 0 Å². The number of nitrogens with one attached hydrogen (secondary N) is 1. The molecule has 0 aromatic heterocycles. The monoisotopic (exact) mass is 297 g/mol. The first kappa shape index (κ1) is 16.2. The zero-order chi connectivity index (χ0) is 15.5. The highest BCUT2D eigenvalue weighted by molar-refractivity contribution is 5.95. The molecule has 0 unspecified atom stereocenters. The Hall–Kier alpha value is -1.90. The van der Waals surface area contributed by atoms with E-state index in [0.717, 1.165) is 0 Å². The number of nitrogens with zero attached hydrogens (tertiary/aromatic N) is 1. The minimum absolute atomic E-state index is 0.278. The van der Waals surface area contributed by atoms with Gasteiger partial charge in [0.25, 0.3) is 0 Å². The van der Waals surface area contributed by atoms with E-state index in [0.29, 0.717) is 17.0 Å². The second kappa shape index (κ2) is 6.04. The highest BCUT2D eigenvalue weighted by Gasteiger charge is 2.33. The molecule has 0 aliphatic heterocycles. The summed E-state index contributed by atoms with van der Waals surface area (Å²) in [6, 6.07) is 1.34. The fraction of sp³-hybridized carbons (Fsp3) is 0.364. The number of benzene rings is 1. The van der Waals surface area contributed by atoms with Crippen LogP contribution in [0, 0.1) is 17.0 Å². The number of rotatable bonds is 5. The van der Waals surface area contributed by atoms with Gasteiger partial charge in [-0.15, -0.1) is 0 Å². The van der Waals surface area contributed by atoms with E-state index >= 15 is 0 Å². The van der Waals surface area contributed by atoms with Gasteiger partial charge in [0.15, 0.2) is 0 Å². The van der Waals surface area contributed by atoms with Gasteiger partial charge in [0.2, 0.25) is 0 Å². The Bertz CT molecular complexity index is 480. The maximum absolute atomic E-state index is 13.7. The molecule has 0 saturated carbocycles. The molecule has 1 rings (SSSR count). The van der Waals surface area contributed by atoms with Crippen LogP contribution >= 0.6 is 0 Å². The van der Waals surface area contributed by atoms with E-state index in [9.17, 15) is 22.0 Å². The van der Waals surface area contributed by atoms with Crippen LogP contribution in [0.3, 0.4) is 0 Å². The van der Waals surface area contributed by atoms with Gasteiger partial charge in [-0.25, -0.2) is 8.78 Å². The molecule has 20 heavy (non-hydrogen) atoms. The maximum Gasteiger partial charge on any atom is 0.405 e. The van der Waals surface area contributed by atoms with E-state index in [1.807, 2.05) is 0 Å². The maximum atomic E-state index is 13.7. The lowest BCUT2D eigenvalue weighted by atomic mass is 10.1. The SMILES string of the molecule is N=C(N)c1cc(F)c(N(CCO)CC(F)(F)F)c(F)c1. The first-order chi connectivity index (χ1) is 9.15. The molecule has 0 saturated heterocycles. The van der Waals surface area contributed by atoms with Gasteiger partial charge in [0.05, 0.1) is 6.61 Å². The molecule has 0 heterocycles. The molecule has 0 aliphatic rings. The van der Waals surface area contributed by atoms with E-state index in [1.165, 1.54) is 0 Å². The fourth-order valence-electron chi connectivity index (χ4n) is 1.63. The van der Waals surface area contributed by atoms with Gasteiger partial charge in [-0.2, -0.15) is 13.2 Å². The van der Waals surface area contributed by atoms with Crippen LogP contribution in [-0.4, -0.2) is 36.8 Å². The van der Waals surface area contributed by atoms with Crippen molar-refractivity contribution < 1.29 is 27.1 Å². The summed E-state index contributed by atoms with van der Waals surface area (Å²) in [6.45, 7) is -2.91. The summed E-state index contributed by atoms with van der Waals surface area (Å²) < 4.78 is 64.6. The predicted molar refractivity (Wildman–Crippen MR) is 62.7 cm³/mol. The summed E-state index contributed by atoms with van der Waals surface area (Å²) in [4.78, 5) is 0.342.